The summed E-state index contributed by atoms with van der Waals surface area (Å²) in [6.07, 6.45) is 2.98. The summed E-state index contributed by atoms with van der Waals surface area (Å²) in [5.74, 6) is -0.0597. The van der Waals surface area contributed by atoms with Crippen molar-refractivity contribution >= 4 is 51.3 Å². The van der Waals surface area contributed by atoms with E-state index in [1.54, 1.807) is 31.1 Å². The number of aromatic nitrogens is 1. The largest absolute Gasteiger partial charge is 0.496 e. The Balaban J connectivity index is 2.59. The van der Waals surface area contributed by atoms with Gasteiger partial charge >= 0.3 is 5.97 Å². The third-order valence-electron chi connectivity index (χ3n) is 4.35. The van der Waals surface area contributed by atoms with Gasteiger partial charge in [-0.25, -0.2) is 4.79 Å². The number of hydrogen-bond acceptors (Lipinski definition) is 6. The smallest absolute Gasteiger partial charge is 0.333 e. The first-order valence-electron chi connectivity index (χ1n) is 9.55. The number of carbonyl (C=O) groups is 2. The normalized spacial score (nSPS) is 12.2. The third-order valence-corrected chi connectivity index (χ3v) is 6.03. The van der Waals surface area contributed by atoms with E-state index in [4.69, 9.17) is 9.47 Å². The van der Waals surface area contributed by atoms with E-state index in [-0.39, 0.29) is 24.6 Å². The lowest BCUT2D eigenvalue weighted by Gasteiger charge is -2.18. The molecule has 0 spiro atoms. The molecule has 0 atom stereocenters. The summed E-state index contributed by atoms with van der Waals surface area (Å²) >= 11 is 4.57. The van der Waals surface area contributed by atoms with E-state index in [0.29, 0.717) is 28.0 Å². The monoisotopic (exact) mass is 496 g/mol. The number of ether oxygens (including phenoxy) is 2. The summed E-state index contributed by atoms with van der Waals surface area (Å²) in [5.41, 5.74) is 0.453. The van der Waals surface area contributed by atoms with Crippen LogP contribution in [-0.4, -0.2) is 48.1 Å². The number of methoxy groups -OCH3 is 1. The van der Waals surface area contributed by atoms with Gasteiger partial charge in [-0.3, -0.25) is 14.2 Å². The van der Waals surface area contributed by atoms with Crippen molar-refractivity contribution < 1.29 is 19.1 Å². The van der Waals surface area contributed by atoms with Crippen LogP contribution in [0.4, 0.5) is 0 Å². The standard InChI is InChI=1S/C21H25BrN2O5S/c1-5-23(6-2)18(25)13-24-19(12-20(26)29-7-3)30-17(21(24)27)11-14-8-9-16(28-4)15(22)10-14/h8-12H,5-7,13H2,1-4H3/b17-11-,19-12-. The predicted molar refractivity (Wildman–Crippen MR) is 121 cm³/mol. The molecule has 0 radical (unpaired) electrons. The Morgan fingerprint density at radius 1 is 1.23 bits per heavy atom. The van der Waals surface area contributed by atoms with Gasteiger partial charge in [0.25, 0.3) is 5.56 Å². The molecule has 0 aliphatic carbocycles. The van der Waals surface area contributed by atoms with Crippen LogP contribution in [0.1, 0.15) is 26.3 Å². The van der Waals surface area contributed by atoms with E-state index < -0.39 is 5.97 Å². The van der Waals surface area contributed by atoms with Gasteiger partial charge in [-0.1, -0.05) is 6.07 Å². The van der Waals surface area contributed by atoms with Crippen LogP contribution >= 0.6 is 27.3 Å². The highest BCUT2D eigenvalue weighted by Crippen LogP contribution is 2.25. The fraction of sp³-hybridized carbons (Fsp3) is 0.381. The first-order valence-corrected chi connectivity index (χ1v) is 11.2. The van der Waals surface area contributed by atoms with Crippen molar-refractivity contribution in [2.45, 2.75) is 27.3 Å². The maximum atomic E-state index is 13.0. The Labute approximate surface area is 187 Å². The molecule has 0 N–H and O–H groups in total. The lowest BCUT2D eigenvalue weighted by Crippen LogP contribution is -2.40. The second-order valence-electron chi connectivity index (χ2n) is 6.20. The molecule has 1 heterocycles. The van der Waals surface area contributed by atoms with Crippen LogP contribution in [0.3, 0.4) is 0 Å². The van der Waals surface area contributed by atoms with E-state index in [0.717, 1.165) is 21.4 Å². The Morgan fingerprint density at radius 3 is 2.50 bits per heavy atom. The highest BCUT2D eigenvalue weighted by Gasteiger charge is 2.15. The summed E-state index contributed by atoms with van der Waals surface area (Å²) in [6.45, 7) is 6.64. The van der Waals surface area contributed by atoms with E-state index in [1.807, 2.05) is 26.0 Å². The van der Waals surface area contributed by atoms with E-state index in [2.05, 4.69) is 15.9 Å². The van der Waals surface area contributed by atoms with Crippen LogP contribution in [0.5, 0.6) is 5.75 Å². The second-order valence-corrected chi connectivity index (χ2v) is 8.11. The molecule has 0 aliphatic rings. The zero-order valence-electron chi connectivity index (χ0n) is 17.4. The Morgan fingerprint density at radius 2 is 1.93 bits per heavy atom. The van der Waals surface area contributed by atoms with Gasteiger partial charge in [0.2, 0.25) is 5.91 Å². The van der Waals surface area contributed by atoms with E-state index >= 15 is 0 Å². The maximum Gasteiger partial charge on any atom is 0.333 e. The van der Waals surface area contributed by atoms with Crippen molar-refractivity contribution in [3.63, 3.8) is 0 Å². The Hall–Kier alpha value is -2.39. The molecule has 0 bridgehead atoms. The second kappa shape index (κ2) is 11.1. The Bertz CT molecular complexity index is 1090. The summed E-state index contributed by atoms with van der Waals surface area (Å²) in [5, 5.41) is 0. The molecule has 2 aromatic rings. The molecule has 1 aromatic heterocycles. The van der Waals surface area contributed by atoms with Gasteiger partial charge in [0.05, 0.1) is 28.8 Å². The van der Waals surface area contributed by atoms with E-state index in [1.165, 1.54) is 10.6 Å². The number of carbonyl (C=O) groups excluding carboxylic acids is 2. The summed E-state index contributed by atoms with van der Waals surface area (Å²) in [7, 11) is 1.58. The van der Waals surface area contributed by atoms with Gasteiger partial charge in [-0.15, -0.1) is 11.3 Å². The molecule has 2 rings (SSSR count). The van der Waals surface area contributed by atoms with Crippen molar-refractivity contribution in [3.8, 4) is 5.75 Å². The molecular weight excluding hydrogens is 472 g/mol. The van der Waals surface area contributed by atoms with Crippen molar-refractivity contribution in [1.82, 2.24) is 9.47 Å². The molecule has 9 heteroatoms. The number of amides is 1. The minimum atomic E-state index is -0.554. The highest BCUT2D eigenvalue weighted by atomic mass is 79.9. The molecule has 1 amide bonds. The maximum absolute atomic E-state index is 13.0. The number of nitrogens with zero attached hydrogens (tertiary/aromatic N) is 2. The molecule has 30 heavy (non-hydrogen) atoms. The minimum Gasteiger partial charge on any atom is -0.496 e. The topological polar surface area (TPSA) is 77.8 Å². The number of halogens is 1. The van der Waals surface area contributed by atoms with Gasteiger partial charge < -0.3 is 14.4 Å². The molecule has 0 aliphatic heterocycles. The van der Waals surface area contributed by atoms with Crippen LogP contribution in [0.25, 0.3) is 12.2 Å². The fourth-order valence-electron chi connectivity index (χ4n) is 2.81. The SMILES string of the molecule is CCOC(=O)/C=c1\s/c(=C\c2ccc(OC)c(Br)c2)c(=O)n1CC(=O)N(CC)CC. The molecule has 7 nitrogen and oxygen atoms in total. The fourth-order valence-corrected chi connectivity index (χ4v) is 4.40. The molecule has 0 fully saturated rings. The van der Waals surface area contributed by atoms with Crippen molar-refractivity contribution in [1.29, 1.82) is 0 Å². The number of rotatable bonds is 8. The van der Waals surface area contributed by atoms with Gasteiger partial charge in [-0.05, 0) is 60.5 Å². The summed E-state index contributed by atoms with van der Waals surface area (Å²) in [4.78, 5) is 39.2. The van der Waals surface area contributed by atoms with Crippen LogP contribution in [-0.2, 0) is 20.9 Å². The van der Waals surface area contributed by atoms with Gasteiger partial charge in [0.15, 0.2) is 0 Å². The first-order chi connectivity index (χ1) is 14.3. The number of benzene rings is 1. The Kier molecular flexibility index (Phi) is 8.86. The quantitative estimate of drug-likeness (QED) is 0.520. The molecule has 1 aromatic carbocycles. The molecule has 0 saturated carbocycles. The molecule has 0 saturated heterocycles. The van der Waals surface area contributed by atoms with Crippen molar-refractivity contribution in [2.24, 2.45) is 0 Å². The summed E-state index contributed by atoms with van der Waals surface area (Å²) < 4.78 is 13.1. The number of hydrogen-bond donors (Lipinski definition) is 0. The third kappa shape index (κ3) is 5.82. The van der Waals surface area contributed by atoms with Gasteiger partial charge in [0, 0.05) is 13.1 Å². The highest BCUT2D eigenvalue weighted by molar-refractivity contribution is 9.10. The van der Waals surface area contributed by atoms with Crippen molar-refractivity contribution in [2.75, 3.05) is 26.8 Å². The molecular formula is C21H25BrN2O5S. The number of likely N-dealkylation sites (N-methyl/N-ethyl adjacent to an activating group) is 1. The number of thiazole rings is 1. The lowest BCUT2D eigenvalue weighted by atomic mass is 10.2. The zero-order valence-corrected chi connectivity index (χ0v) is 19.8. The van der Waals surface area contributed by atoms with Crippen molar-refractivity contribution in [3.05, 3.63) is 47.8 Å². The van der Waals surface area contributed by atoms with Crippen LogP contribution in [0.15, 0.2) is 27.5 Å². The molecule has 0 unspecified atom stereocenters. The zero-order chi connectivity index (χ0) is 22.3. The molecule has 162 valence electrons. The average Bonchev–Trinajstić information content (AvgIpc) is 2.98. The van der Waals surface area contributed by atoms with Gasteiger partial charge in [-0.2, -0.15) is 0 Å². The summed E-state index contributed by atoms with van der Waals surface area (Å²) in [6, 6.07) is 5.44. The van der Waals surface area contributed by atoms with E-state index in [9.17, 15) is 14.4 Å². The lowest BCUT2D eigenvalue weighted by molar-refractivity contribution is -0.135. The van der Waals surface area contributed by atoms with Crippen LogP contribution < -0.4 is 19.5 Å². The average molecular weight is 497 g/mol. The van der Waals surface area contributed by atoms with Gasteiger partial charge in [0.1, 0.15) is 17.0 Å². The number of esters is 1. The van der Waals surface area contributed by atoms with Crippen LogP contribution in [0, 0.1) is 0 Å². The predicted octanol–water partition coefficient (Wildman–Crippen LogP) is 1.72. The van der Waals surface area contributed by atoms with Crippen LogP contribution in [0.2, 0.25) is 0 Å². The first kappa shape index (κ1) is 23.9. The minimum absolute atomic E-state index is 0.137.